The van der Waals surface area contributed by atoms with Crippen LogP contribution in [0.5, 0.6) is 0 Å². The molecule has 0 radical (unpaired) electrons. The van der Waals surface area contributed by atoms with E-state index in [2.05, 4.69) is 5.32 Å². The van der Waals surface area contributed by atoms with Crippen LogP contribution in [0.4, 0.5) is 4.39 Å². The van der Waals surface area contributed by atoms with Crippen LogP contribution in [0.2, 0.25) is 0 Å². The van der Waals surface area contributed by atoms with E-state index in [4.69, 9.17) is 0 Å². The third-order valence-electron chi connectivity index (χ3n) is 2.40. The van der Waals surface area contributed by atoms with E-state index in [1.54, 1.807) is 19.2 Å². The van der Waals surface area contributed by atoms with Gasteiger partial charge in [0.15, 0.2) is 0 Å². The van der Waals surface area contributed by atoms with Crippen LogP contribution < -0.4 is 5.32 Å². The summed E-state index contributed by atoms with van der Waals surface area (Å²) in [5.41, 5.74) is 0.896. The second kappa shape index (κ2) is 5.41. The summed E-state index contributed by atoms with van der Waals surface area (Å²) in [6.45, 7) is 0. The largest absolute Gasteiger partial charge is 0.313 e. The molecule has 0 aliphatic heterocycles. The van der Waals surface area contributed by atoms with Crippen molar-refractivity contribution >= 4 is 9.84 Å². The zero-order chi connectivity index (χ0) is 12.2. The Labute approximate surface area is 95.6 Å². The number of hydrogen-bond acceptors (Lipinski definition) is 3. The zero-order valence-corrected chi connectivity index (χ0v) is 10.2. The molecule has 16 heavy (non-hydrogen) atoms. The zero-order valence-electron chi connectivity index (χ0n) is 9.40. The Kier molecular flexibility index (Phi) is 4.44. The monoisotopic (exact) mass is 245 g/mol. The van der Waals surface area contributed by atoms with Crippen molar-refractivity contribution < 1.29 is 12.8 Å². The molecule has 0 aromatic heterocycles. The van der Waals surface area contributed by atoms with Crippen molar-refractivity contribution in [1.82, 2.24) is 5.32 Å². The summed E-state index contributed by atoms with van der Waals surface area (Å²) in [5, 5.41) is 3.02. The highest BCUT2D eigenvalue weighted by atomic mass is 32.2. The summed E-state index contributed by atoms with van der Waals surface area (Å²) in [6, 6.07) is 6.02. The van der Waals surface area contributed by atoms with E-state index >= 15 is 0 Å². The van der Waals surface area contributed by atoms with Gasteiger partial charge in [0.05, 0.1) is 5.75 Å². The fraction of sp³-hybridized carbons (Fsp3) is 0.455. The van der Waals surface area contributed by atoms with Crippen molar-refractivity contribution in [2.45, 2.75) is 12.5 Å². The minimum absolute atomic E-state index is 0.0599. The Morgan fingerprint density at radius 3 is 2.31 bits per heavy atom. The molecule has 3 nitrogen and oxygen atoms in total. The Morgan fingerprint density at radius 1 is 1.31 bits per heavy atom. The predicted molar refractivity (Wildman–Crippen MR) is 62.5 cm³/mol. The molecule has 1 aromatic rings. The van der Waals surface area contributed by atoms with Crippen LogP contribution >= 0.6 is 0 Å². The molecule has 1 N–H and O–H groups in total. The summed E-state index contributed by atoms with van der Waals surface area (Å²) in [6.07, 6.45) is 1.70. The predicted octanol–water partition coefficient (Wildman–Crippen LogP) is 1.52. The molecule has 0 fully saturated rings. The van der Waals surface area contributed by atoms with Gasteiger partial charge < -0.3 is 5.32 Å². The quantitative estimate of drug-likeness (QED) is 0.855. The third-order valence-corrected chi connectivity index (χ3v) is 3.38. The van der Waals surface area contributed by atoms with Gasteiger partial charge in [-0.2, -0.15) is 0 Å². The van der Waals surface area contributed by atoms with Crippen LogP contribution in [-0.4, -0.2) is 27.5 Å². The number of benzene rings is 1. The molecule has 0 heterocycles. The maximum Gasteiger partial charge on any atom is 0.147 e. The molecular weight excluding hydrogens is 229 g/mol. The first kappa shape index (κ1) is 13.1. The summed E-state index contributed by atoms with van der Waals surface area (Å²) in [7, 11) is -1.20. The van der Waals surface area contributed by atoms with Crippen LogP contribution in [0.3, 0.4) is 0 Å². The van der Waals surface area contributed by atoms with E-state index in [0.29, 0.717) is 6.42 Å². The first-order valence-electron chi connectivity index (χ1n) is 5.03. The van der Waals surface area contributed by atoms with Gasteiger partial charge in [-0.1, -0.05) is 12.1 Å². The summed E-state index contributed by atoms with van der Waals surface area (Å²) in [4.78, 5) is 0. The van der Waals surface area contributed by atoms with E-state index < -0.39 is 9.84 Å². The Bertz CT molecular complexity index is 428. The third kappa shape index (κ3) is 4.28. The van der Waals surface area contributed by atoms with Crippen molar-refractivity contribution in [3.8, 4) is 0 Å². The Morgan fingerprint density at radius 2 is 1.88 bits per heavy atom. The van der Waals surface area contributed by atoms with Gasteiger partial charge in [0.25, 0.3) is 0 Å². The van der Waals surface area contributed by atoms with Gasteiger partial charge in [0, 0.05) is 12.3 Å². The van der Waals surface area contributed by atoms with Crippen molar-refractivity contribution in [1.29, 1.82) is 0 Å². The molecule has 5 heteroatoms. The topological polar surface area (TPSA) is 46.2 Å². The van der Waals surface area contributed by atoms with Gasteiger partial charge in [0.1, 0.15) is 15.7 Å². The number of rotatable bonds is 5. The molecule has 0 spiro atoms. The SMILES string of the molecule is CNC(CCS(C)(=O)=O)c1ccc(F)cc1. The molecule has 0 saturated carbocycles. The first-order valence-corrected chi connectivity index (χ1v) is 7.09. The lowest BCUT2D eigenvalue weighted by molar-refractivity contribution is 0.556. The number of nitrogens with one attached hydrogen (secondary N) is 1. The van der Waals surface area contributed by atoms with Crippen molar-refractivity contribution in [3.63, 3.8) is 0 Å². The Balaban J connectivity index is 2.71. The fourth-order valence-corrected chi connectivity index (χ4v) is 2.17. The standard InChI is InChI=1S/C11H16FNO2S/c1-13-11(7-8-16(2,14)15)9-3-5-10(12)6-4-9/h3-6,11,13H,7-8H2,1-2H3. The molecule has 90 valence electrons. The summed E-state index contributed by atoms with van der Waals surface area (Å²) < 4.78 is 34.8. The molecule has 0 amide bonds. The van der Waals surface area contributed by atoms with Crippen molar-refractivity contribution in [2.24, 2.45) is 0 Å². The van der Waals surface area contributed by atoms with E-state index in [1.165, 1.54) is 18.4 Å². The highest BCUT2D eigenvalue weighted by molar-refractivity contribution is 7.90. The molecule has 1 unspecified atom stereocenters. The number of hydrogen-bond donors (Lipinski definition) is 1. The van der Waals surface area contributed by atoms with Gasteiger partial charge in [0.2, 0.25) is 0 Å². The summed E-state index contributed by atoms with van der Waals surface area (Å²) >= 11 is 0. The van der Waals surface area contributed by atoms with Crippen LogP contribution in [-0.2, 0) is 9.84 Å². The average Bonchev–Trinajstić information content (AvgIpc) is 2.20. The molecule has 1 rings (SSSR count). The molecule has 0 saturated heterocycles. The molecule has 1 aromatic carbocycles. The number of halogens is 1. The van der Waals surface area contributed by atoms with Gasteiger partial charge in [-0.25, -0.2) is 12.8 Å². The lowest BCUT2D eigenvalue weighted by atomic mass is 10.1. The van der Waals surface area contributed by atoms with Crippen molar-refractivity contribution in [2.75, 3.05) is 19.1 Å². The normalized spacial score (nSPS) is 13.7. The minimum atomic E-state index is -2.96. The molecule has 0 bridgehead atoms. The Hall–Kier alpha value is -0.940. The highest BCUT2D eigenvalue weighted by Gasteiger charge is 2.12. The lowest BCUT2D eigenvalue weighted by Crippen LogP contribution is -2.19. The van der Waals surface area contributed by atoms with Gasteiger partial charge in [-0.3, -0.25) is 0 Å². The average molecular weight is 245 g/mol. The number of sulfone groups is 1. The van der Waals surface area contributed by atoms with Gasteiger partial charge in [-0.05, 0) is 31.2 Å². The van der Waals surface area contributed by atoms with Crippen LogP contribution in [0.25, 0.3) is 0 Å². The van der Waals surface area contributed by atoms with E-state index in [-0.39, 0.29) is 17.6 Å². The highest BCUT2D eigenvalue weighted by Crippen LogP contribution is 2.17. The second-order valence-corrected chi connectivity index (χ2v) is 6.07. The molecular formula is C11H16FNO2S. The molecule has 1 atom stereocenters. The van der Waals surface area contributed by atoms with E-state index in [0.717, 1.165) is 5.56 Å². The first-order chi connectivity index (χ1) is 7.42. The maximum absolute atomic E-state index is 12.7. The van der Waals surface area contributed by atoms with Crippen LogP contribution in [0.15, 0.2) is 24.3 Å². The minimum Gasteiger partial charge on any atom is -0.313 e. The fourth-order valence-electron chi connectivity index (χ4n) is 1.50. The summed E-state index contributed by atoms with van der Waals surface area (Å²) in [5.74, 6) is -0.169. The van der Waals surface area contributed by atoms with Crippen molar-refractivity contribution in [3.05, 3.63) is 35.6 Å². The van der Waals surface area contributed by atoms with Gasteiger partial charge >= 0.3 is 0 Å². The van der Waals surface area contributed by atoms with Crippen LogP contribution in [0.1, 0.15) is 18.0 Å². The smallest absolute Gasteiger partial charge is 0.147 e. The van der Waals surface area contributed by atoms with E-state index in [9.17, 15) is 12.8 Å². The van der Waals surface area contributed by atoms with E-state index in [1.807, 2.05) is 0 Å². The second-order valence-electron chi connectivity index (χ2n) is 3.81. The van der Waals surface area contributed by atoms with Gasteiger partial charge in [-0.15, -0.1) is 0 Å². The lowest BCUT2D eigenvalue weighted by Gasteiger charge is -2.15. The molecule has 0 aliphatic rings. The molecule has 0 aliphatic carbocycles. The maximum atomic E-state index is 12.7. The van der Waals surface area contributed by atoms with Crippen LogP contribution in [0, 0.1) is 5.82 Å².